The minimum absolute atomic E-state index is 0.0338. The Morgan fingerprint density at radius 1 is 1.07 bits per heavy atom. The summed E-state index contributed by atoms with van der Waals surface area (Å²) in [4.78, 5) is 8.08. The molecule has 0 saturated heterocycles. The van der Waals surface area contributed by atoms with Gasteiger partial charge in [0.2, 0.25) is 5.96 Å². The van der Waals surface area contributed by atoms with Crippen molar-refractivity contribution in [3.05, 3.63) is 77.9 Å². The van der Waals surface area contributed by atoms with Crippen LogP contribution in [0.4, 0.5) is 10.1 Å². The van der Waals surface area contributed by atoms with Gasteiger partial charge in [-0.05, 0) is 42.8 Å². The van der Waals surface area contributed by atoms with E-state index < -0.39 is 15.8 Å². The number of nitrogens with zero attached hydrogens (tertiary/aromatic N) is 2. The molecule has 1 aromatic heterocycles. The van der Waals surface area contributed by atoms with Crippen LogP contribution in [0, 0.1) is 12.7 Å². The van der Waals surface area contributed by atoms with E-state index in [0.29, 0.717) is 11.5 Å². The molecule has 0 spiro atoms. The van der Waals surface area contributed by atoms with Crippen LogP contribution in [0.2, 0.25) is 0 Å². The van der Waals surface area contributed by atoms with Crippen molar-refractivity contribution in [1.82, 2.24) is 9.71 Å². The number of aliphatic imine (C=N–C) groups is 1. The predicted molar refractivity (Wildman–Crippen MR) is 107 cm³/mol. The molecule has 4 rings (SSSR count). The number of para-hydroxylation sites is 2. The molecule has 0 atom stereocenters. The van der Waals surface area contributed by atoms with E-state index in [1.807, 2.05) is 25.1 Å². The Balaban J connectivity index is 1.69. The number of aromatic nitrogens is 1. The smallest absolute Gasteiger partial charge is 0.266 e. The number of hydrogen-bond donors (Lipinski definition) is 2. The normalized spacial score (nSPS) is 15.9. The van der Waals surface area contributed by atoms with E-state index in [0.717, 1.165) is 5.56 Å². The van der Waals surface area contributed by atoms with Gasteiger partial charge in [-0.15, -0.1) is 0 Å². The number of guanidine groups is 1. The van der Waals surface area contributed by atoms with Gasteiger partial charge < -0.3 is 10.1 Å². The molecule has 2 N–H and O–H groups in total. The van der Waals surface area contributed by atoms with Gasteiger partial charge in [0.25, 0.3) is 10.0 Å². The number of hydrogen-bond acceptors (Lipinski definition) is 5. The molecule has 0 bridgehead atoms. The first-order valence-electron chi connectivity index (χ1n) is 8.74. The summed E-state index contributed by atoms with van der Waals surface area (Å²) < 4.78 is 47.4. The number of rotatable bonds is 4. The van der Waals surface area contributed by atoms with Gasteiger partial charge in [-0.1, -0.05) is 24.3 Å². The summed E-state index contributed by atoms with van der Waals surface area (Å²) in [6, 6.07) is 14.9. The number of nitrogens with one attached hydrogen (secondary N) is 2. The summed E-state index contributed by atoms with van der Waals surface area (Å²) in [6.07, 6.45) is 1.44. The molecule has 148 valence electrons. The zero-order valence-corrected chi connectivity index (χ0v) is 16.2. The minimum atomic E-state index is -3.87. The lowest BCUT2D eigenvalue weighted by Crippen LogP contribution is -2.40. The van der Waals surface area contributed by atoms with Crippen molar-refractivity contribution in [1.29, 1.82) is 0 Å². The van der Waals surface area contributed by atoms with Crippen molar-refractivity contribution in [3.8, 4) is 11.5 Å². The summed E-state index contributed by atoms with van der Waals surface area (Å²) in [6.45, 7) is 1.76. The quantitative estimate of drug-likeness (QED) is 0.683. The lowest BCUT2D eigenvalue weighted by atomic mass is 10.2. The first-order valence-corrected chi connectivity index (χ1v) is 10.2. The van der Waals surface area contributed by atoms with Crippen LogP contribution < -0.4 is 14.8 Å². The molecule has 0 radical (unpaired) electrons. The number of aryl methyl sites for hydroxylation is 1. The molecular formula is C20H17FN4O3S. The van der Waals surface area contributed by atoms with E-state index in [1.165, 1.54) is 24.4 Å². The maximum absolute atomic E-state index is 13.8. The van der Waals surface area contributed by atoms with Gasteiger partial charge in [0.05, 0.1) is 12.2 Å². The van der Waals surface area contributed by atoms with E-state index in [-0.39, 0.29) is 28.8 Å². The average Bonchev–Trinajstić information content (AvgIpc) is 2.69. The second-order valence-corrected chi connectivity index (χ2v) is 7.97. The maximum atomic E-state index is 13.8. The van der Waals surface area contributed by atoms with Gasteiger partial charge in [-0.3, -0.25) is 4.98 Å². The molecule has 0 aliphatic carbocycles. The van der Waals surface area contributed by atoms with Crippen molar-refractivity contribution in [2.24, 2.45) is 4.99 Å². The van der Waals surface area contributed by atoms with E-state index in [1.54, 1.807) is 18.2 Å². The minimum Gasteiger partial charge on any atom is -0.455 e. The van der Waals surface area contributed by atoms with Gasteiger partial charge in [0, 0.05) is 6.20 Å². The summed E-state index contributed by atoms with van der Waals surface area (Å²) in [5.41, 5.74) is 1.27. The van der Waals surface area contributed by atoms with Crippen molar-refractivity contribution in [2.45, 2.75) is 18.4 Å². The highest BCUT2D eigenvalue weighted by Gasteiger charge is 2.29. The van der Waals surface area contributed by atoms with Crippen molar-refractivity contribution in [3.63, 3.8) is 0 Å². The Morgan fingerprint density at radius 3 is 2.66 bits per heavy atom. The highest BCUT2D eigenvalue weighted by atomic mass is 32.2. The van der Waals surface area contributed by atoms with E-state index in [9.17, 15) is 12.8 Å². The Hall–Kier alpha value is -3.46. The van der Waals surface area contributed by atoms with Gasteiger partial charge in [0.1, 0.15) is 22.1 Å². The van der Waals surface area contributed by atoms with Crippen molar-refractivity contribution in [2.75, 3.05) is 5.32 Å². The van der Waals surface area contributed by atoms with Gasteiger partial charge in [0.15, 0.2) is 5.75 Å². The topological polar surface area (TPSA) is 92.7 Å². The number of benzene rings is 2. The Bertz CT molecular complexity index is 1210. The molecule has 0 unspecified atom stereocenters. The van der Waals surface area contributed by atoms with E-state index >= 15 is 0 Å². The van der Waals surface area contributed by atoms with Crippen LogP contribution in [-0.2, 0) is 16.6 Å². The fourth-order valence-corrected chi connectivity index (χ4v) is 3.98. The predicted octanol–water partition coefficient (Wildman–Crippen LogP) is 3.58. The summed E-state index contributed by atoms with van der Waals surface area (Å²) in [5, 5.41) is 2.94. The number of fused-ring (bicyclic) bond motifs is 1. The third kappa shape index (κ3) is 3.90. The van der Waals surface area contributed by atoms with Crippen LogP contribution >= 0.6 is 0 Å². The monoisotopic (exact) mass is 412 g/mol. The highest BCUT2D eigenvalue weighted by molar-refractivity contribution is 7.90. The van der Waals surface area contributed by atoms with Crippen LogP contribution in [0.1, 0.15) is 11.3 Å². The fourth-order valence-electron chi connectivity index (χ4n) is 2.82. The summed E-state index contributed by atoms with van der Waals surface area (Å²) in [7, 11) is -3.87. The molecule has 2 aromatic carbocycles. The molecule has 0 amide bonds. The molecule has 7 nitrogen and oxygen atoms in total. The second kappa shape index (κ2) is 7.51. The fraction of sp³-hybridized carbons (Fsp3) is 0.100. The third-order valence-corrected chi connectivity index (χ3v) is 5.67. The lowest BCUT2D eigenvalue weighted by molar-refractivity contribution is 0.479. The Morgan fingerprint density at radius 2 is 1.86 bits per heavy atom. The molecule has 0 saturated carbocycles. The number of ether oxygens (including phenoxy) is 1. The molecule has 29 heavy (non-hydrogen) atoms. The van der Waals surface area contributed by atoms with Crippen LogP contribution in [0.15, 0.2) is 70.7 Å². The Labute approximate surface area is 167 Å². The lowest BCUT2D eigenvalue weighted by Gasteiger charge is -2.24. The molecule has 0 fully saturated rings. The van der Waals surface area contributed by atoms with Gasteiger partial charge in [-0.25, -0.2) is 22.5 Å². The largest absolute Gasteiger partial charge is 0.455 e. The molecule has 1 aliphatic rings. The maximum Gasteiger partial charge on any atom is 0.266 e. The summed E-state index contributed by atoms with van der Waals surface area (Å²) in [5.74, 6) is 0.383. The SMILES string of the molecule is Cc1ccccc1Oc1cccc2c1NC(=NCc1ncccc1F)NS2(=O)=O. The van der Waals surface area contributed by atoms with Gasteiger partial charge in [-0.2, -0.15) is 0 Å². The van der Waals surface area contributed by atoms with E-state index in [4.69, 9.17) is 4.74 Å². The molecule has 1 aliphatic heterocycles. The molecular weight excluding hydrogens is 395 g/mol. The molecule has 2 heterocycles. The van der Waals surface area contributed by atoms with Crippen LogP contribution in [-0.4, -0.2) is 19.4 Å². The van der Waals surface area contributed by atoms with Gasteiger partial charge >= 0.3 is 0 Å². The summed E-state index contributed by atoms with van der Waals surface area (Å²) >= 11 is 0. The van der Waals surface area contributed by atoms with Crippen LogP contribution in [0.3, 0.4) is 0 Å². The zero-order valence-electron chi connectivity index (χ0n) is 15.4. The Kier molecular flexibility index (Phi) is 4.89. The second-order valence-electron chi connectivity index (χ2n) is 6.32. The number of anilines is 1. The first-order chi connectivity index (χ1) is 13.9. The van der Waals surface area contributed by atoms with E-state index in [2.05, 4.69) is 20.0 Å². The zero-order chi connectivity index (χ0) is 20.4. The average molecular weight is 412 g/mol. The first kappa shape index (κ1) is 18.9. The van der Waals surface area contributed by atoms with Crippen molar-refractivity contribution >= 4 is 21.7 Å². The van der Waals surface area contributed by atoms with Crippen LogP contribution in [0.5, 0.6) is 11.5 Å². The number of pyridine rings is 1. The third-order valence-electron chi connectivity index (χ3n) is 4.29. The molecule has 9 heteroatoms. The highest BCUT2D eigenvalue weighted by Crippen LogP contribution is 2.37. The van der Waals surface area contributed by atoms with Crippen molar-refractivity contribution < 1.29 is 17.5 Å². The number of halogens is 1. The standard InChI is InChI=1S/C20H17FN4O3S/c1-13-6-2-3-8-16(13)28-17-9-4-10-18-19(17)24-20(25-29(18,26)27)23-12-15-14(21)7-5-11-22-15/h2-11H,12H2,1H3,(H2,23,24,25). The van der Waals surface area contributed by atoms with Crippen LogP contribution in [0.25, 0.3) is 0 Å². The number of sulfonamides is 1. The molecule has 3 aromatic rings.